The lowest BCUT2D eigenvalue weighted by Crippen LogP contribution is -2.57. The molecule has 0 spiro atoms. The van der Waals surface area contributed by atoms with E-state index in [1.54, 1.807) is 18.5 Å². The van der Waals surface area contributed by atoms with Crippen LogP contribution in [0, 0.1) is 18.8 Å². The van der Waals surface area contributed by atoms with E-state index in [0.717, 1.165) is 5.56 Å². The van der Waals surface area contributed by atoms with Crippen LogP contribution < -0.4 is 10.2 Å². The Bertz CT molecular complexity index is 1250. The second-order valence-electron chi connectivity index (χ2n) is 8.31. The van der Waals surface area contributed by atoms with Crippen molar-refractivity contribution in [2.24, 2.45) is 0 Å². The van der Waals surface area contributed by atoms with Gasteiger partial charge in [-0.25, -0.2) is 18.7 Å². The summed E-state index contributed by atoms with van der Waals surface area (Å²) >= 11 is 0. The molecule has 0 aromatic heterocycles. The van der Waals surface area contributed by atoms with Gasteiger partial charge >= 0.3 is 5.97 Å². The molecule has 1 aliphatic rings. The Morgan fingerprint density at radius 2 is 1.80 bits per heavy atom. The van der Waals surface area contributed by atoms with Crippen molar-refractivity contribution in [1.82, 2.24) is 10.4 Å². The smallest absolute Gasteiger partial charge is 0.336 e. The van der Waals surface area contributed by atoms with E-state index in [-0.39, 0.29) is 43.0 Å². The Labute approximate surface area is 204 Å². The van der Waals surface area contributed by atoms with E-state index in [1.165, 1.54) is 30.3 Å². The normalized spacial score (nSPS) is 15.5. The molecule has 0 radical (unpaired) electrons. The van der Waals surface area contributed by atoms with E-state index in [0.29, 0.717) is 17.9 Å². The fourth-order valence-corrected chi connectivity index (χ4v) is 6.22. The first-order valence-corrected chi connectivity index (χ1v) is 12.5. The number of carboxylic acids is 1. The van der Waals surface area contributed by atoms with Crippen molar-refractivity contribution in [3.05, 3.63) is 59.2 Å². The standard InChI is InChI=1S/C25H28N2O7S/c1-3-4-16-34-19-8-10-20(11-9-19)35(32,33)25(24(30)26-31)12-14-27(15-13-25)17-22-18(2)6-5-7-21(22)23(28)29/h5-11,31H,12-17H2,1-2H3,(H,26,30)(H,28,29). The summed E-state index contributed by atoms with van der Waals surface area (Å²) in [7, 11) is -4.18. The van der Waals surface area contributed by atoms with Gasteiger partial charge in [-0.3, -0.25) is 14.9 Å². The third-order valence-corrected chi connectivity index (χ3v) is 8.85. The first-order chi connectivity index (χ1) is 16.7. The SMILES string of the molecule is CC#CCOc1ccc(S(=O)(=O)C2(C(=O)NO)CCN(Cc3c(C)cccc3C(=O)O)CC2)cc1. The summed E-state index contributed by atoms with van der Waals surface area (Å²) in [6.45, 7) is 4.41. The first-order valence-electron chi connectivity index (χ1n) is 11.0. The van der Waals surface area contributed by atoms with Crippen LogP contribution in [0.5, 0.6) is 5.75 Å². The molecule has 3 N–H and O–H groups in total. The molecule has 0 aliphatic carbocycles. The third-order valence-electron chi connectivity index (χ3n) is 6.34. The summed E-state index contributed by atoms with van der Waals surface area (Å²) in [6.07, 6.45) is -0.138. The highest BCUT2D eigenvalue weighted by Crippen LogP contribution is 2.37. The van der Waals surface area contributed by atoms with E-state index < -0.39 is 26.5 Å². The minimum atomic E-state index is -4.18. The van der Waals surface area contributed by atoms with Crippen molar-refractivity contribution in [3.63, 3.8) is 0 Å². The Kier molecular flexibility index (Phi) is 8.17. The molecule has 0 atom stereocenters. The van der Waals surface area contributed by atoms with Gasteiger partial charge in [-0.15, -0.1) is 5.92 Å². The number of aryl methyl sites for hydroxylation is 1. The van der Waals surface area contributed by atoms with Gasteiger partial charge in [-0.2, -0.15) is 0 Å². The van der Waals surface area contributed by atoms with Crippen LogP contribution >= 0.6 is 0 Å². The molecule has 1 saturated heterocycles. The van der Waals surface area contributed by atoms with E-state index >= 15 is 0 Å². The quantitative estimate of drug-likeness (QED) is 0.286. The molecule has 3 rings (SSSR count). The van der Waals surface area contributed by atoms with Gasteiger partial charge in [0.15, 0.2) is 14.6 Å². The van der Waals surface area contributed by atoms with Crippen LogP contribution in [0.1, 0.15) is 41.3 Å². The number of rotatable bonds is 8. The number of nitrogens with one attached hydrogen (secondary N) is 1. The number of nitrogens with zero attached hydrogens (tertiary/aromatic N) is 1. The molecule has 0 unspecified atom stereocenters. The van der Waals surface area contributed by atoms with Crippen LogP contribution in [0.3, 0.4) is 0 Å². The van der Waals surface area contributed by atoms with Gasteiger partial charge in [0, 0.05) is 19.6 Å². The summed E-state index contributed by atoms with van der Waals surface area (Å²) in [6, 6.07) is 10.8. The number of piperidine rings is 1. The number of hydrogen-bond donors (Lipinski definition) is 3. The van der Waals surface area contributed by atoms with Crippen molar-refractivity contribution < 1.29 is 33.1 Å². The summed E-state index contributed by atoms with van der Waals surface area (Å²) in [5.41, 5.74) is 3.19. The second kappa shape index (κ2) is 10.9. The highest BCUT2D eigenvalue weighted by atomic mass is 32.2. The largest absolute Gasteiger partial charge is 0.481 e. The van der Waals surface area contributed by atoms with Gasteiger partial charge in [0.25, 0.3) is 5.91 Å². The fraction of sp³-hybridized carbons (Fsp3) is 0.360. The Hall–Kier alpha value is -3.39. The third kappa shape index (κ3) is 5.32. The number of hydroxylamine groups is 1. The van der Waals surface area contributed by atoms with E-state index in [1.807, 2.05) is 17.9 Å². The van der Waals surface area contributed by atoms with Gasteiger partial charge in [0.1, 0.15) is 12.4 Å². The van der Waals surface area contributed by atoms with Gasteiger partial charge in [0.05, 0.1) is 10.5 Å². The number of benzene rings is 2. The maximum absolute atomic E-state index is 13.6. The van der Waals surface area contributed by atoms with Crippen LogP contribution in [0.25, 0.3) is 0 Å². The Morgan fingerprint density at radius 3 is 2.37 bits per heavy atom. The molecule has 1 aliphatic heterocycles. The van der Waals surface area contributed by atoms with Crippen molar-refractivity contribution in [2.45, 2.75) is 42.9 Å². The molecule has 1 amide bonds. The zero-order valence-electron chi connectivity index (χ0n) is 19.6. The average molecular weight is 501 g/mol. The number of hydrogen-bond acceptors (Lipinski definition) is 7. The van der Waals surface area contributed by atoms with Gasteiger partial charge in [-0.05, 0) is 68.1 Å². The van der Waals surface area contributed by atoms with Crippen LogP contribution in [0.15, 0.2) is 47.4 Å². The second-order valence-corrected chi connectivity index (χ2v) is 10.6. The lowest BCUT2D eigenvalue weighted by atomic mass is 9.93. The predicted molar refractivity (Wildman–Crippen MR) is 128 cm³/mol. The molecule has 1 fully saturated rings. The topological polar surface area (TPSA) is 133 Å². The summed E-state index contributed by atoms with van der Waals surface area (Å²) in [4.78, 5) is 26.2. The molecular formula is C25H28N2O7S. The molecule has 35 heavy (non-hydrogen) atoms. The van der Waals surface area contributed by atoms with Crippen LogP contribution in [0.2, 0.25) is 0 Å². The first kappa shape index (κ1) is 26.2. The van der Waals surface area contributed by atoms with Crippen molar-refractivity contribution in [3.8, 4) is 17.6 Å². The number of aromatic carboxylic acids is 1. The van der Waals surface area contributed by atoms with Gasteiger partial charge in [0.2, 0.25) is 0 Å². The number of ether oxygens (including phenoxy) is 1. The summed E-state index contributed by atoms with van der Waals surface area (Å²) < 4.78 is 30.8. The maximum atomic E-state index is 13.6. The molecule has 0 bridgehead atoms. The van der Waals surface area contributed by atoms with Gasteiger partial charge < -0.3 is 9.84 Å². The molecule has 0 saturated carbocycles. The lowest BCUT2D eigenvalue weighted by Gasteiger charge is -2.39. The van der Waals surface area contributed by atoms with Crippen molar-refractivity contribution in [1.29, 1.82) is 0 Å². The number of carbonyl (C=O) groups excluding carboxylic acids is 1. The lowest BCUT2D eigenvalue weighted by molar-refractivity contribution is -0.133. The van der Waals surface area contributed by atoms with Crippen molar-refractivity contribution >= 4 is 21.7 Å². The molecule has 186 valence electrons. The van der Waals surface area contributed by atoms with E-state index in [2.05, 4.69) is 11.8 Å². The van der Waals surface area contributed by atoms with Crippen LogP contribution in [-0.4, -0.2) is 60.0 Å². The molecule has 9 nitrogen and oxygen atoms in total. The molecule has 2 aromatic carbocycles. The summed E-state index contributed by atoms with van der Waals surface area (Å²) in [5, 5.41) is 18.9. The number of likely N-dealkylation sites (tertiary alicyclic amines) is 1. The number of amides is 1. The summed E-state index contributed by atoms with van der Waals surface area (Å²) in [5.74, 6) is 3.86. The fourth-order valence-electron chi connectivity index (χ4n) is 4.26. The number of carboxylic acid groups (broad SMARTS) is 1. The number of carbonyl (C=O) groups is 2. The highest BCUT2D eigenvalue weighted by molar-refractivity contribution is 7.93. The zero-order chi connectivity index (χ0) is 25.6. The molecule has 1 heterocycles. The predicted octanol–water partition coefficient (Wildman–Crippen LogP) is 2.41. The minimum Gasteiger partial charge on any atom is -0.481 e. The molecular weight excluding hydrogens is 472 g/mol. The average Bonchev–Trinajstić information content (AvgIpc) is 2.85. The van der Waals surface area contributed by atoms with Crippen LogP contribution in [0.4, 0.5) is 0 Å². The Balaban J connectivity index is 1.83. The maximum Gasteiger partial charge on any atom is 0.336 e. The van der Waals surface area contributed by atoms with Gasteiger partial charge in [-0.1, -0.05) is 18.1 Å². The van der Waals surface area contributed by atoms with Crippen LogP contribution in [-0.2, 0) is 21.2 Å². The highest BCUT2D eigenvalue weighted by Gasteiger charge is 2.53. The minimum absolute atomic E-state index is 0.0597. The zero-order valence-corrected chi connectivity index (χ0v) is 20.4. The van der Waals surface area contributed by atoms with E-state index in [9.17, 15) is 28.3 Å². The molecule has 10 heteroatoms. The van der Waals surface area contributed by atoms with E-state index in [4.69, 9.17) is 4.74 Å². The number of sulfone groups is 1. The Morgan fingerprint density at radius 1 is 1.14 bits per heavy atom. The monoisotopic (exact) mass is 500 g/mol. The van der Waals surface area contributed by atoms with Crippen molar-refractivity contribution in [2.75, 3.05) is 19.7 Å². The molecule has 2 aromatic rings.